The molecule has 0 aliphatic heterocycles. The number of hydrogen-bond donors (Lipinski definition) is 0. The van der Waals surface area contributed by atoms with Crippen molar-refractivity contribution in [2.45, 2.75) is 20.8 Å². The third-order valence-corrected chi connectivity index (χ3v) is 1.86. The number of benzene rings is 1. The van der Waals surface area contributed by atoms with Crippen LogP contribution >= 0.6 is 0 Å². The van der Waals surface area contributed by atoms with E-state index in [9.17, 15) is 4.79 Å². The monoisotopic (exact) mass is 217 g/mol. The van der Waals surface area contributed by atoms with Gasteiger partial charge in [0.15, 0.2) is 0 Å². The van der Waals surface area contributed by atoms with E-state index in [1.54, 1.807) is 18.2 Å². The van der Waals surface area contributed by atoms with Gasteiger partial charge in [-0.1, -0.05) is 26.8 Å². The predicted octanol–water partition coefficient (Wildman–Crippen LogP) is 2.76. The first kappa shape index (κ1) is 12.3. The van der Waals surface area contributed by atoms with Gasteiger partial charge in [0.05, 0.1) is 23.8 Å². The van der Waals surface area contributed by atoms with Crippen LogP contribution in [0.15, 0.2) is 24.3 Å². The summed E-state index contributed by atoms with van der Waals surface area (Å²) in [4.78, 5) is 11.6. The quantitative estimate of drug-likeness (QED) is 0.716. The third-order valence-electron chi connectivity index (χ3n) is 1.86. The molecule has 16 heavy (non-hydrogen) atoms. The zero-order valence-corrected chi connectivity index (χ0v) is 9.78. The molecule has 1 aromatic rings. The summed E-state index contributed by atoms with van der Waals surface area (Å²) in [5.74, 6) is -0.382. The van der Waals surface area contributed by atoms with E-state index in [2.05, 4.69) is 0 Å². The Morgan fingerprint density at radius 2 is 2.12 bits per heavy atom. The van der Waals surface area contributed by atoms with E-state index in [0.717, 1.165) is 0 Å². The molecule has 0 heterocycles. The second-order valence-corrected chi connectivity index (χ2v) is 4.83. The second kappa shape index (κ2) is 4.80. The van der Waals surface area contributed by atoms with Crippen LogP contribution in [0.3, 0.4) is 0 Å². The largest absolute Gasteiger partial charge is 0.462 e. The van der Waals surface area contributed by atoms with Crippen molar-refractivity contribution in [3.05, 3.63) is 35.4 Å². The molecule has 0 aromatic heterocycles. The number of rotatable bonds is 2. The molecule has 0 amide bonds. The number of ether oxygens (including phenoxy) is 1. The van der Waals surface area contributed by atoms with Crippen LogP contribution in [0, 0.1) is 16.7 Å². The summed E-state index contributed by atoms with van der Waals surface area (Å²) in [6.07, 6.45) is 0. The number of carbonyl (C=O) groups excluding carboxylic acids is 1. The molecule has 0 unspecified atom stereocenters. The molecule has 3 nitrogen and oxygen atoms in total. The topological polar surface area (TPSA) is 50.1 Å². The molecular formula is C13H15NO2. The van der Waals surface area contributed by atoms with Crippen LogP contribution in [0.2, 0.25) is 0 Å². The highest BCUT2D eigenvalue weighted by molar-refractivity contribution is 5.89. The van der Waals surface area contributed by atoms with E-state index in [0.29, 0.717) is 17.7 Å². The Kier molecular flexibility index (Phi) is 3.68. The average molecular weight is 217 g/mol. The standard InChI is InChI=1S/C13H15NO2/c1-13(2,3)9-16-12(15)11-6-4-5-10(7-11)8-14/h4-7H,9H2,1-3H3. The van der Waals surface area contributed by atoms with E-state index >= 15 is 0 Å². The summed E-state index contributed by atoms with van der Waals surface area (Å²) in [5.41, 5.74) is 0.830. The van der Waals surface area contributed by atoms with Gasteiger partial charge in [-0.3, -0.25) is 0 Å². The van der Waals surface area contributed by atoms with Gasteiger partial charge in [0.25, 0.3) is 0 Å². The minimum absolute atomic E-state index is 0.0531. The van der Waals surface area contributed by atoms with Gasteiger partial charge in [-0.15, -0.1) is 0 Å². The minimum Gasteiger partial charge on any atom is -0.462 e. The van der Waals surface area contributed by atoms with Gasteiger partial charge in [0.1, 0.15) is 0 Å². The molecule has 0 N–H and O–H groups in total. The lowest BCUT2D eigenvalue weighted by molar-refractivity contribution is 0.0367. The van der Waals surface area contributed by atoms with Crippen molar-refractivity contribution in [1.82, 2.24) is 0 Å². The number of esters is 1. The summed E-state index contributed by atoms with van der Waals surface area (Å²) >= 11 is 0. The molecule has 0 bridgehead atoms. The lowest BCUT2D eigenvalue weighted by Crippen LogP contribution is -2.18. The Morgan fingerprint density at radius 1 is 1.44 bits per heavy atom. The summed E-state index contributed by atoms with van der Waals surface area (Å²) in [6.45, 7) is 6.34. The van der Waals surface area contributed by atoms with Crippen LogP contribution in [-0.4, -0.2) is 12.6 Å². The highest BCUT2D eigenvalue weighted by Gasteiger charge is 2.15. The van der Waals surface area contributed by atoms with Crippen molar-refractivity contribution in [3.8, 4) is 6.07 Å². The minimum atomic E-state index is -0.382. The Morgan fingerprint density at radius 3 is 2.69 bits per heavy atom. The number of carbonyl (C=O) groups is 1. The van der Waals surface area contributed by atoms with E-state index in [1.165, 1.54) is 6.07 Å². The highest BCUT2D eigenvalue weighted by Crippen LogP contribution is 2.14. The van der Waals surface area contributed by atoms with Crippen molar-refractivity contribution in [3.63, 3.8) is 0 Å². The summed E-state index contributed by atoms with van der Waals surface area (Å²) in [6, 6.07) is 8.49. The van der Waals surface area contributed by atoms with Crippen molar-refractivity contribution in [2.75, 3.05) is 6.61 Å². The van der Waals surface area contributed by atoms with Gasteiger partial charge in [-0.2, -0.15) is 5.26 Å². The molecule has 3 heteroatoms. The van der Waals surface area contributed by atoms with Crippen molar-refractivity contribution >= 4 is 5.97 Å². The fourth-order valence-electron chi connectivity index (χ4n) is 1.08. The fourth-order valence-corrected chi connectivity index (χ4v) is 1.08. The Balaban J connectivity index is 2.71. The molecule has 0 atom stereocenters. The zero-order chi connectivity index (χ0) is 12.2. The maximum atomic E-state index is 11.6. The van der Waals surface area contributed by atoms with Gasteiger partial charge in [0, 0.05) is 0 Å². The van der Waals surface area contributed by atoms with Gasteiger partial charge >= 0.3 is 5.97 Å². The van der Waals surface area contributed by atoms with E-state index in [-0.39, 0.29) is 11.4 Å². The van der Waals surface area contributed by atoms with Gasteiger partial charge in [-0.25, -0.2) is 4.79 Å². The predicted molar refractivity (Wildman–Crippen MR) is 60.9 cm³/mol. The molecule has 84 valence electrons. The second-order valence-electron chi connectivity index (χ2n) is 4.83. The molecule has 0 saturated heterocycles. The zero-order valence-electron chi connectivity index (χ0n) is 9.78. The number of nitriles is 1. The lowest BCUT2D eigenvalue weighted by atomic mass is 9.99. The summed E-state index contributed by atoms with van der Waals surface area (Å²) in [7, 11) is 0. The third kappa shape index (κ3) is 3.74. The van der Waals surface area contributed by atoms with Crippen LogP contribution < -0.4 is 0 Å². The fraction of sp³-hybridized carbons (Fsp3) is 0.385. The highest BCUT2D eigenvalue weighted by atomic mass is 16.5. The van der Waals surface area contributed by atoms with Crippen LogP contribution in [-0.2, 0) is 4.74 Å². The van der Waals surface area contributed by atoms with Crippen LogP contribution in [0.1, 0.15) is 36.7 Å². The Labute approximate surface area is 95.7 Å². The average Bonchev–Trinajstić information content (AvgIpc) is 2.25. The molecule has 0 aliphatic rings. The van der Waals surface area contributed by atoms with Gasteiger partial charge in [0.2, 0.25) is 0 Å². The molecule has 0 aliphatic carbocycles. The summed E-state index contributed by atoms with van der Waals surface area (Å²) in [5, 5.41) is 8.70. The molecule has 0 saturated carbocycles. The molecule has 0 fully saturated rings. The molecule has 0 radical (unpaired) electrons. The smallest absolute Gasteiger partial charge is 0.338 e. The first-order valence-corrected chi connectivity index (χ1v) is 5.10. The van der Waals surface area contributed by atoms with Crippen molar-refractivity contribution in [2.24, 2.45) is 5.41 Å². The molecular weight excluding hydrogens is 202 g/mol. The van der Waals surface area contributed by atoms with E-state index in [1.807, 2.05) is 26.8 Å². The molecule has 1 rings (SSSR count). The SMILES string of the molecule is CC(C)(C)COC(=O)c1cccc(C#N)c1. The summed E-state index contributed by atoms with van der Waals surface area (Å²) < 4.78 is 5.14. The van der Waals surface area contributed by atoms with E-state index in [4.69, 9.17) is 10.00 Å². The van der Waals surface area contributed by atoms with Crippen molar-refractivity contribution < 1.29 is 9.53 Å². The first-order chi connectivity index (χ1) is 7.42. The van der Waals surface area contributed by atoms with Crippen molar-refractivity contribution in [1.29, 1.82) is 5.26 Å². The van der Waals surface area contributed by atoms with Gasteiger partial charge < -0.3 is 4.74 Å². The maximum absolute atomic E-state index is 11.6. The first-order valence-electron chi connectivity index (χ1n) is 5.10. The van der Waals surface area contributed by atoms with Crippen LogP contribution in [0.5, 0.6) is 0 Å². The molecule has 1 aromatic carbocycles. The number of hydrogen-bond acceptors (Lipinski definition) is 3. The maximum Gasteiger partial charge on any atom is 0.338 e. The molecule has 0 spiro atoms. The Hall–Kier alpha value is -1.82. The van der Waals surface area contributed by atoms with Crippen LogP contribution in [0.25, 0.3) is 0 Å². The van der Waals surface area contributed by atoms with E-state index < -0.39 is 0 Å². The lowest BCUT2D eigenvalue weighted by Gasteiger charge is -2.17. The van der Waals surface area contributed by atoms with Crippen LogP contribution in [0.4, 0.5) is 0 Å². The number of nitrogens with zero attached hydrogens (tertiary/aromatic N) is 1. The normalized spacial score (nSPS) is 10.6. The van der Waals surface area contributed by atoms with Gasteiger partial charge in [-0.05, 0) is 23.6 Å². The Bertz CT molecular complexity index is 424.